The van der Waals surface area contributed by atoms with Crippen molar-refractivity contribution in [2.24, 2.45) is 0 Å². The van der Waals surface area contributed by atoms with Crippen LogP contribution in [0.15, 0.2) is 24.3 Å². The van der Waals surface area contributed by atoms with E-state index in [0.29, 0.717) is 11.5 Å². The van der Waals surface area contributed by atoms with E-state index >= 15 is 0 Å². The number of hydrogen-bond donors (Lipinski definition) is 1. The van der Waals surface area contributed by atoms with Gasteiger partial charge in [-0.1, -0.05) is 0 Å². The van der Waals surface area contributed by atoms with Crippen LogP contribution in [0, 0.1) is 13.8 Å². The molecule has 1 N–H and O–H groups in total. The van der Waals surface area contributed by atoms with Crippen LogP contribution in [-0.2, 0) is 0 Å². The summed E-state index contributed by atoms with van der Waals surface area (Å²) in [6.45, 7) is 4.06. The second-order valence-electron chi connectivity index (χ2n) is 4.45. The summed E-state index contributed by atoms with van der Waals surface area (Å²) in [5.41, 5.74) is 1.89. The highest BCUT2D eigenvalue weighted by molar-refractivity contribution is 7.12. The second kappa shape index (κ2) is 5.63. The predicted octanol–water partition coefficient (Wildman–Crippen LogP) is 3.46. The zero-order valence-corrected chi connectivity index (χ0v) is 12.4. The topological polar surface area (TPSA) is 38.7 Å². The van der Waals surface area contributed by atoms with Crippen molar-refractivity contribution in [3.8, 4) is 11.5 Å². The summed E-state index contributed by atoms with van der Waals surface area (Å²) in [4.78, 5) is 2.16. The summed E-state index contributed by atoms with van der Waals surface area (Å²) in [5.74, 6) is 1.36. The fourth-order valence-electron chi connectivity index (χ4n) is 2.07. The molecule has 0 aliphatic rings. The second-order valence-corrected chi connectivity index (χ2v) is 5.74. The van der Waals surface area contributed by atoms with Gasteiger partial charge in [-0.05, 0) is 43.2 Å². The molecule has 1 aromatic heterocycles. The van der Waals surface area contributed by atoms with Gasteiger partial charge in [0.2, 0.25) is 0 Å². The average molecular weight is 278 g/mol. The van der Waals surface area contributed by atoms with Gasteiger partial charge in [0.15, 0.2) is 0 Å². The Morgan fingerprint density at radius 3 is 2.00 bits per heavy atom. The molecule has 0 saturated heterocycles. The number of aryl methyl sites for hydroxylation is 2. The first-order chi connectivity index (χ1) is 9.05. The molecule has 1 atom stereocenters. The number of thiophene rings is 1. The van der Waals surface area contributed by atoms with Gasteiger partial charge in [0.05, 0.1) is 14.2 Å². The zero-order chi connectivity index (χ0) is 14.0. The summed E-state index contributed by atoms with van der Waals surface area (Å²) in [5, 5.41) is 10.5. The van der Waals surface area contributed by atoms with Crippen molar-refractivity contribution in [1.29, 1.82) is 0 Å². The molecular weight excluding hydrogens is 260 g/mol. The minimum atomic E-state index is -0.650. The van der Waals surface area contributed by atoms with Crippen LogP contribution in [0.25, 0.3) is 0 Å². The van der Waals surface area contributed by atoms with E-state index in [1.807, 2.05) is 26.0 Å². The molecule has 3 nitrogen and oxygen atoms in total. The van der Waals surface area contributed by atoms with E-state index in [-0.39, 0.29) is 0 Å². The standard InChI is InChI=1S/C15H18O3S/c1-9-5-10(2)19-15(9)14(16)11-6-12(17-3)8-13(7-11)18-4/h5-8,14,16H,1-4H3. The lowest BCUT2D eigenvalue weighted by Gasteiger charge is -2.13. The summed E-state index contributed by atoms with van der Waals surface area (Å²) in [6.07, 6.45) is -0.650. The van der Waals surface area contributed by atoms with Crippen molar-refractivity contribution < 1.29 is 14.6 Å². The third-order valence-corrected chi connectivity index (χ3v) is 4.22. The minimum Gasteiger partial charge on any atom is -0.497 e. The minimum absolute atomic E-state index is 0.650. The van der Waals surface area contributed by atoms with Crippen molar-refractivity contribution in [1.82, 2.24) is 0 Å². The van der Waals surface area contributed by atoms with Gasteiger partial charge in [-0.25, -0.2) is 0 Å². The average Bonchev–Trinajstić information content (AvgIpc) is 2.76. The maximum Gasteiger partial charge on any atom is 0.122 e. The van der Waals surface area contributed by atoms with Crippen molar-refractivity contribution in [3.05, 3.63) is 45.1 Å². The molecule has 19 heavy (non-hydrogen) atoms. The molecule has 0 amide bonds. The molecule has 1 aromatic carbocycles. The van der Waals surface area contributed by atoms with Crippen LogP contribution in [0.3, 0.4) is 0 Å². The third kappa shape index (κ3) is 2.91. The zero-order valence-electron chi connectivity index (χ0n) is 11.6. The number of benzene rings is 1. The van der Waals surface area contributed by atoms with Gasteiger partial charge >= 0.3 is 0 Å². The van der Waals surface area contributed by atoms with Gasteiger partial charge in [0.25, 0.3) is 0 Å². The molecule has 4 heteroatoms. The molecule has 1 unspecified atom stereocenters. The van der Waals surface area contributed by atoms with Crippen LogP contribution in [0.2, 0.25) is 0 Å². The lowest BCUT2D eigenvalue weighted by atomic mass is 10.0. The highest BCUT2D eigenvalue weighted by atomic mass is 32.1. The van der Waals surface area contributed by atoms with Crippen LogP contribution >= 0.6 is 11.3 Å². The molecule has 0 saturated carbocycles. The summed E-state index contributed by atoms with van der Waals surface area (Å²) < 4.78 is 10.5. The van der Waals surface area contributed by atoms with Crippen molar-refractivity contribution in [3.63, 3.8) is 0 Å². The maximum absolute atomic E-state index is 10.5. The van der Waals surface area contributed by atoms with Crippen LogP contribution < -0.4 is 9.47 Å². The number of aliphatic hydroxyl groups excluding tert-OH is 1. The first kappa shape index (κ1) is 13.9. The van der Waals surface area contributed by atoms with Crippen LogP contribution in [0.5, 0.6) is 11.5 Å². The lowest BCUT2D eigenvalue weighted by molar-refractivity contribution is 0.222. The van der Waals surface area contributed by atoms with E-state index in [0.717, 1.165) is 16.0 Å². The summed E-state index contributed by atoms with van der Waals surface area (Å²) >= 11 is 1.61. The molecule has 1 heterocycles. The number of aliphatic hydroxyl groups is 1. The fraction of sp³-hybridized carbons (Fsp3) is 0.333. The smallest absolute Gasteiger partial charge is 0.122 e. The number of rotatable bonds is 4. The van der Waals surface area contributed by atoms with Gasteiger partial charge in [-0.3, -0.25) is 0 Å². The quantitative estimate of drug-likeness (QED) is 0.930. The monoisotopic (exact) mass is 278 g/mol. The number of ether oxygens (including phenoxy) is 2. The van der Waals surface area contributed by atoms with Crippen molar-refractivity contribution in [2.75, 3.05) is 14.2 Å². The van der Waals surface area contributed by atoms with E-state index in [4.69, 9.17) is 9.47 Å². The Kier molecular flexibility index (Phi) is 4.12. The molecular formula is C15H18O3S. The Morgan fingerprint density at radius 1 is 1.00 bits per heavy atom. The first-order valence-electron chi connectivity index (χ1n) is 6.03. The molecule has 0 aliphatic carbocycles. The molecule has 2 rings (SSSR count). The van der Waals surface area contributed by atoms with Crippen molar-refractivity contribution >= 4 is 11.3 Å². The van der Waals surface area contributed by atoms with Crippen LogP contribution in [0.4, 0.5) is 0 Å². The first-order valence-corrected chi connectivity index (χ1v) is 6.84. The molecule has 0 aliphatic heterocycles. The highest BCUT2D eigenvalue weighted by Gasteiger charge is 2.17. The van der Waals surface area contributed by atoms with E-state index < -0.39 is 6.10 Å². The molecule has 0 fully saturated rings. The largest absolute Gasteiger partial charge is 0.497 e. The van der Waals surface area contributed by atoms with Gasteiger partial charge in [-0.2, -0.15) is 0 Å². The summed E-state index contributed by atoms with van der Waals surface area (Å²) in [7, 11) is 3.21. The van der Waals surface area contributed by atoms with Gasteiger partial charge in [-0.15, -0.1) is 11.3 Å². The molecule has 2 aromatic rings. The Hall–Kier alpha value is -1.52. The van der Waals surface area contributed by atoms with Gasteiger partial charge < -0.3 is 14.6 Å². The van der Waals surface area contributed by atoms with Gasteiger partial charge in [0.1, 0.15) is 17.6 Å². The van der Waals surface area contributed by atoms with Gasteiger partial charge in [0, 0.05) is 15.8 Å². The lowest BCUT2D eigenvalue weighted by Crippen LogP contribution is -2.00. The number of methoxy groups -OCH3 is 2. The summed E-state index contributed by atoms with van der Waals surface area (Å²) in [6, 6.07) is 7.55. The highest BCUT2D eigenvalue weighted by Crippen LogP contribution is 2.35. The Morgan fingerprint density at radius 2 is 1.58 bits per heavy atom. The van der Waals surface area contributed by atoms with Crippen LogP contribution in [0.1, 0.15) is 27.0 Å². The SMILES string of the molecule is COc1cc(OC)cc(C(O)c2sc(C)cc2C)c1. The third-order valence-electron chi connectivity index (χ3n) is 3.02. The molecule has 0 bridgehead atoms. The number of hydrogen-bond acceptors (Lipinski definition) is 4. The molecule has 0 spiro atoms. The van der Waals surface area contributed by atoms with E-state index in [1.54, 1.807) is 31.6 Å². The maximum atomic E-state index is 10.5. The molecule has 0 radical (unpaired) electrons. The van der Waals surface area contributed by atoms with E-state index in [9.17, 15) is 5.11 Å². The van der Waals surface area contributed by atoms with E-state index in [2.05, 4.69) is 6.07 Å². The van der Waals surface area contributed by atoms with Crippen molar-refractivity contribution in [2.45, 2.75) is 20.0 Å². The van der Waals surface area contributed by atoms with Crippen LogP contribution in [-0.4, -0.2) is 19.3 Å². The van der Waals surface area contributed by atoms with E-state index in [1.165, 1.54) is 4.88 Å². The Bertz CT molecular complexity index is 553. The molecule has 102 valence electrons. The Balaban J connectivity index is 2.43. The Labute approximate surface area is 117 Å². The fourth-order valence-corrected chi connectivity index (χ4v) is 3.12. The predicted molar refractivity (Wildman–Crippen MR) is 77.4 cm³/mol. The normalized spacial score (nSPS) is 12.3.